The third-order valence-corrected chi connectivity index (χ3v) is 5.18. The van der Waals surface area contributed by atoms with Crippen LogP contribution in [0.15, 0.2) is 83.7 Å². The van der Waals surface area contributed by atoms with Gasteiger partial charge in [0.15, 0.2) is 0 Å². The zero-order valence-corrected chi connectivity index (χ0v) is 15.9. The molecule has 0 bridgehead atoms. The molecule has 2 aromatic heterocycles. The molecule has 0 atom stereocenters. The lowest BCUT2D eigenvalue weighted by Crippen LogP contribution is -2.19. The van der Waals surface area contributed by atoms with E-state index in [1.807, 2.05) is 90.5 Å². The molecule has 0 spiro atoms. The minimum absolute atomic E-state index is 0.0781. The molecule has 0 saturated heterocycles. The van der Waals surface area contributed by atoms with Gasteiger partial charge in [-0.15, -0.1) is 0 Å². The fourth-order valence-corrected chi connectivity index (χ4v) is 3.93. The van der Waals surface area contributed by atoms with E-state index in [4.69, 9.17) is 16.7 Å². The van der Waals surface area contributed by atoms with Crippen LogP contribution in [0.4, 0.5) is 0 Å². The molecule has 0 N–H and O–H groups in total. The summed E-state index contributed by atoms with van der Waals surface area (Å²) < 4.78 is 3.57. The van der Waals surface area contributed by atoms with Crippen LogP contribution in [0.5, 0.6) is 0 Å². The Morgan fingerprint density at radius 2 is 1.57 bits per heavy atom. The molecular weight excluding hydrogens is 370 g/mol. The van der Waals surface area contributed by atoms with Gasteiger partial charge in [-0.1, -0.05) is 54.1 Å². The number of halogens is 1. The second-order valence-corrected chi connectivity index (χ2v) is 7.13. The Bertz CT molecular complexity index is 1400. The summed E-state index contributed by atoms with van der Waals surface area (Å²) >= 11 is 6.20. The predicted octanol–water partition coefficient (Wildman–Crippen LogP) is 5.29. The van der Waals surface area contributed by atoms with Crippen LogP contribution in [-0.2, 0) is 0 Å². The highest BCUT2D eigenvalue weighted by Gasteiger charge is 2.19. The van der Waals surface area contributed by atoms with Crippen LogP contribution in [0, 0.1) is 6.92 Å². The van der Waals surface area contributed by atoms with Crippen LogP contribution in [0.2, 0.25) is 5.02 Å². The second kappa shape index (κ2) is 6.36. The van der Waals surface area contributed by atoms with Crippen molar-refractivity contribution in [3.05, 3.63) is 99.9 Å². The molecule has 0 amide bonds. The van der Waals surface area contributed by atoms with Gasteiger partial charge in [0.25, 0.3) is 5.56 Å². The van der Waals surface area contributed by atoms with Gasteiger partial charge in [-0.25, -0.2) is 4.68 Å². The summed E-state index contributed by atoms with van der Waals surface area (Å²) in [6.45, 7) is 1.87. The number of hydrogen-bond donors (Lipinski definition) is 0. The number of fused-ring (bicyclic) bond motifs is 3. The minimum Gasteiger partial charge on any atom is -0.276 e. The summed E-state index contributed by atoms with van der Waals surface area (Å²) in [6, 6.07) is 25.1. The highest BCUT2D eigenvalue weighted by Crippen LogP contribution is 2.29. The molecule has 5 rings (SSSR count). The molecule has 0 aliphatic heterocycles. The van der Waals surface area contributed by atoms with Gasteiger partial charge < -0.3 is 0 Å². The van der Waals surface area contributed by atoms with E-state index in [0.717, 1.165) is 27.8 Å². The van der Waals surface area contributed by atoms with Gasteiger partial charge in [0.05, 0.1) is 27.8 Å². The predicted molar refractivity (Wildman–Crippen MR) is 114 cm³/mol. The largest absolute Gasteiger partial charge is 0.276 e. The van der Waals surface area contributed by atoms with E-state index in [2.05, 4.69) is 0 Å². The van der Waals surface area contributed by atoms with Crippen molar-refractivity contribution in [2.45, 2.75) is 6.92 Å². The normalized spacial score (nSPS) is 11.4. The van der Waals surface area contributed by atoms with Gasteiger partial charge in [-0.3, -0.25) is 9.36 Å². The number of rotatable bonds is 2. The maximum atomic E-state index is 13.6. The molecule has 2 heterocycles. The standard InChI is InChI=1S/C23H16ClN3O/c1-15-21-22(27(25-15)18-11-7-8-16(24)14-18)19-12-5-6-13-20(19)26(23(21)28)17-9-3-2-4-10-17/h2-14H,1H3. The van der Waals surface area contributed by atoms with Crippen LogP contribution in [0.25, 0.3) is 33.2 Å². The van der Waals surface area contributed by atoms with E-state index in [0.29, 0.717) is 16.1 Å². The molecule has 0 aliphatic carbocycles. The Labute approximate surface area is 166 Å². The van der Waals surface area contributed by atoms with Crippen LogP contribution in [-0.4, -0.2) is 14.3 Å². The molecular formula is C23H16ClN3O. The number of nitrogens with zero attached hydrogens (tertiary/aromatic N) is 3. The number of pyridine rings is 1. The van der Waals surface area contributed by atoms with E-state index >= 15 is 0 Å². The molecule has 136 valence electrons. The highest BCUT2D eigenvalue weighted by molar-refractivity contribution is 6.30. The molecule has 5 heteroatoms. The lowest BCUT2D eigenvalue weighted by molar-refractivity contribution is 0.891. The summed E-state index contributed by atoms with van der Waals surface area (Å²) in [5.74, 6) is 0. The van der Waals surface area contributed by atoms with E-state index in [1.165, 1.54) is 0 Å². The first-order chi connectivity index (χ1) is 13.6. The van der Waals surface area contributed by atoms with Gasteiger partial charge in [-0.2, -0.15) is 5.10 Å². The van der Waals surface area contributed by atoms with E-state index in [1.54, 1.807) is 4.57 Å². The van der Waals surface area contributed by atoms with Crippen LogP contribution in [0.3, 0.4) is 0 Å². The minimum atomic E-state index is -0.0781. The van der Waals surface area contributed by atoms with E-state index in [9.17, 15) is 4.79 Å². The van der Waals surface area contributed by atoms with Crippen molar-refractivity contribution in [3.63, 3.8) is 0 Å². The van der Waals surface area contributed by atoms with Gasteiger partial charge in [0, 0.05) is 16.1 Å². The maximum absolute atomic E-state index is 13.6. The first-order valence-electron chi connectivity index (χ1n) is 8.99. The van der Waals surface area contributed by atoms with Crippen LogP contribution < -0.4 is 5.56 Å². The molecule has 28 heavy (non-hydrogen) atoms. The molecule has 0 fully saturated rings. The lowest BCUT2D eigenvalue weighted by Gasteiger charge is -2.13. The summed E-state index contributed by atoms with van der Waals surface area (Å²) in [4.78, 5) is 13.6. The fraction of sp³-hybridized carbons (Fsp3) is 0.0435. The second-order valence-electron chi connectivity index (χ2n) is 6.69. The number of para-hydroxylation sites is 2. The SMILES string of the molecule is Cc1nn(-c2cccc(Cl)c2)c2c1c(=O)n(-c1ccccc1)c1ccccc21. The van der Waals surface area contributed by atoms with Crippen molar-refractivity contribution < 1.29 is 0 Å². The Morgan fingerprint density at radius 1 is 0.857 bits per heavy atom. The van der Waals surface area contributed by atoms with Crippen molar-refractivity contribution in [3.8, 4) is 11.4 Å². The smallest absolute Gasteiger partial charge is 0.266 e. The Hall–Kier alpha value is -3.37. The number of hydrogen-bond acceptors (Lipinski definition) is 2. The Morgan fingerprint density at radius 3 is 2.36 bits per heavy atom. The van der Waals surface area contributed by atoms with E-state index < -0.39 is 0 Å². The highest BCUT2D eigenvalue weighted by atomic mass is 35.5. The zero-order chi connectivity index (χ0) is 19.3. The lowest BCUT2D eigenvalue weighted by atomic mass is 10.1. The Balaban J connectivity index is 1.99. The topological polar surface area (TPSA) is 39.8 Å². The zero-order valence-electron chi connectivity index (χ0n) is 15.1. The van der Waals surface area contributed by atoms with Crippen molar-refractivity contribution >= 4 is 33.4 Å². The van der Waals surface area contributed by atoms with Gasteiger partial charge >= 0.3 is 0 Å². The van der Waals surface area contributed by atoms with Crippen molar-refractivity contribution in [1.29, 1.82) is 0 Å². The Kier molecular flexibility index (Phi) is 3.81. The van der Waals surface area contributed by atoms with Crippen molar-refractivity contribution in [2.24, 2.45) is 0 Å². The van der Waals surface area contributed by atoms with Crippen LogP contribution in [0.1, 0.15) is 5.69 Å². The summed E-state index contributed by atoms with van der Waals surface area (Å²) in [7, 11) is 0. The monoisotopic (exact) mass is 385 g/mol. The van der Waals surface area contributed by atoms with Crippen LogP contribution >= 0.6 is 11.6 Å². The quantitative estimate of drug-likeness (QED) is 0.414. The number of benzene rings is 3. The van der Waals surface area contributed by atoms with Crippen molar-refractivity contribution in [2.75, 3.05) is 0 Å². The van der Waals surface area contributed by atoms with Crippen molar-refractivity contribution in [1.82, 2.24) is 14.3 Å². The summed E-state index contributed by atoms with van der Waals surface area (Å²) in [5, 5.41) is 6.89. The number of aryl methyl sites for hydroxylation is 1. The van der Waals surface area contributed by atoms with Gasteiger partial charge in [-0.05, 0) is 43.3 Å². The fourth-order valence-electron chi connectivity index (χ4n) is 3.75. The average Bonchev–Trinajstić information content (AvgIpc) is 3.07. The number of aromatic nitrogens is 3. The third-order valence-electron chi connectivity index (χ3n) is 4.94. The first-order valence-corrected chi connectivity index (χ1v) is 9.37. The maximum Gasteiger partial charge on any atom is 0.266 e. The molecule has 0 radical (unpaired) electrons. The summed E-state index contributed by atoms with van der Waals surface area (Å²) in [6.07, 6.45) is 0. The molecule has 0 saturated carbocycles. The summed E-state index contributed by atoms with van der Waals surface area (Å²) in [5.41, 5.74) is 3.91. The molecule has 0 aliphatic rings. The van der Waals surface area contributed by atoms with Gasteiger partial charge in [0.2, 0.25) is 0 Å². The molecule has 4 nitrogen and oxygen atoms in total. The molecule has 0 unspecified atom stereocenters. The molecule has 5 aromatic rings. The third kappa shape index (κ3) is 2.46. The average molecular weight is 386 g/mol. The molecule has 3 aromatic carbocycles. The van der Waals surface area contributed by atoms with E-state index in [-0.39, 0.29) is 5.56 Å². The van der Waals surface area contributed by atoms with Gasteiger partial charge in [0.1, 0.15) is 0 Å². The first kappa shape index (κ1) is 16.8.